The second-order valence-corrected chi connectivity index (χ2v) is 19.3. The van der Waals surface area contributed by atoms with Gasteiger partial charge in [0, 0.05) is 75.0 Å². The number of carboxylic acid groups (broad SMARTS) is 1. The van der Waals surface area contributed by atoms with Crippen LogP contribution < -0.4 is 30.7 Å². The molecule has 336 valence electrons. The highest BCUT2D eigenvalue weighted by Crippen LogP contribution is 2.52. The van der Waals surface area contributed by atoms with Crippen molar-refractivity contribution in [3.8, 4) is 17.3 Å². The molecule has 3 aliphatic carbocycles. The van der Waals surface area contributed by atoms with Gasteiger partial charge in [-0.2, -0.15) is 0 Å². The Labute approximate surface area is 363 Å². The summed E-state index contributed by atoms with van der Waals surface area (Å²) < 4.78 is 20.5. The fourth-order valence-corrected chi connectivity index (χ4v) is 9.54. The molecular weight excluding hydrogens is 795 g/mol. The summed E-state index contributed by atoms with van der Waals surface area (Å²) in [6, 6.07) is 7.34. The van der Waals surface area contributed by atoms with E-state index < -0.39 is 53.0 Å². The third-order valence-electron chi connectivity index (χ3n) is 13.2. The topological polar surface area (TPSA) is 202 Å². The summed E-state index contributed by atoms with van der Waals surface area (Å²) in [5, 5.41) is 28.0. The number of anilines is 1. The van der Waals surface area contributed by atoms with E-state index in [-0.39, 0.29) is 31.0 Å². The molecule has 5 aliphatic rings. The Kier molecular flexibility index (Phi) is 12.3. The lowest BCUT2D eigenvalue weighted by atomic mass is 9.85. The number of rotatable bonds is 16. The number of carbonyl (C=O) groups is 4. The maximum absolute atomic E-state index is 14.8. The van der Waals surface area contributed by atoms with Crippen LogP contribution in [-0.2, 0) is 19.1 Å². The van der Waals surface area contributed by atoms with Gasteiger partial charge < -0.3 is 45.5 Å². The number of amides is 3. The van der Waals surface area contributed by atoms with Crippen LogP contribution in [0.1, 0.15) is 80.1 Å². The lowest BCUT2D eigenvalue weighted by Crippen LogP contribution is -2.59. The second kappa shape index (κ2) is 17.5. The van der Waals surface area contributed by atoms with Crippen LogP contribution in [0.4, 0.5) is 10.6 Å². The summed E-state index contributed by atoms with van der Waals surface area (Å²) >= 11 is 0. The summed E-state index contributed by atoms with van der Waals surface area (Å²) in [5.74, 6) is 1.12. The summed E-state index contributed by atoms with van der Waals surface area (Å²) in [6.45, 7) is 16.7. The van der Waals surface area contributed by atoms with E-state index in [1.807, 2.05) is 72.0 Å². The van der Waals surface area contributed by atoms with Gasteiger partial charge >= 0.3 is 12.1 Å². The summed E-state index contributed by atoms with van der Waals surface area (Å²) in [7, 11) is 0. The van der Waals surface area contributed by atoms with Crippen LogP contribution in [0.5, 0.6) is 11.5 Å². The fourth-order valence-electron chi connectivity index (χ4n) is 9.54. The molecule has 0 radical (unpaired) electrons. The molecule has 8 rings (SSSR count). The van der Waals surface area contributed by atoms with E-state index in [1.54, 1.807) is 10.7 Å². The van der Waals surface area contributed by atoms with E-state index >= 15 is 0 Å². The van der Waals surface area contributed by atoms with Gasteiger partial charge in [-0.1, -0.05) is 34.1 Å². The molecule has 3 aromatic rings. The SMILES string of the molecule is CCC1CC1(NC(=O)C1C[C@@H](Oc2cc(-n3ccc(NC(C)C)n3)nc3cc(OCCN4CCNCC4)ccc23)CN1C(=O)[C@@H](NC(=O)OC1CC2CC2C1)C(C)(C)C)C(=O)O. The van der Waals surface area contributed by atoms with Crippen LogP contribution in [-0.4, -0.2) is 135 Å². The Balaban J connectivity index is 1.07. The van der Waals surface area contributed by atoms with Crippen LogP contribution in [0.25, 0.3) is 16.7 Å². The third-order valence-corrected chi connectivity index (χ3v) is 13.2. The molecule has 5 N–H and O–H groups in total. The number of hydrogen-bond donors (Lipinski definition) is 5. The van der Waals surface area contributed by atoms with E-state index in [9.17, 15) is 24.3 Å². The molecule has 0 bridgehead atoms. The Morgan fingerprint density at radius 2 is 1.77 bits per heavy atom. The first-order valence-electron chi connectivity index (χ1n) is 22.4. The average Bonchev–Trinajstić information content (AvgIpc) is 3.89. The molecule has 17 heteroatoms. The van der Waals surface area contributed by atoms with Crippen LogP contribution >= 0.6 is 0 Å². The minimum atomic E-state index is -1.40. The number of likely N-dealkylation sites (tertiary alicyclic amines) is 1. The first-order chi connectivity index (χ1) is 29.6. The number of carbonyl (C=O) groups excluding carboxylic acids is 3. The molecule has 2 aromatic heterocycles. The monoisotopic (exact) mass is 857 g/mol. The van der Waals surface area contributed by atoms with Crippen LogP contribution in [0.3, 0.4) is 0 Å². The highest BCUT2D eigenvalue weighted by molar-refractivity contribution is 5.96. The van der Waals surface area contributed by atoms with Gasteiger partial charge in [-0.25, -0.2) is 19.3 Å². The van der Waals surface area contributed by atoms with Crippen molar-refractivity contribution in [3.63, 3.8) is 0 Å². The number of benzene rings is 1. The molecule has 4 heterocycles. The Morgan fingerprint density at radius 1 is 1.02 bits per heavy atom. The number of fused-ring (bicyclic) bond motifs is 2. The Bertz CT molecular complexity index is 2140. The molecule has 3 amide bonds. The predicted octanol–water partition coefficient (Wildman–Crippen LogP) is 4.18. The van der Waals surface area contributed by atoms with E-state index in [2.05, 4.69) is 26.2 Å². The van der Waals surface area contributed by atoms with Gasteiger partial charge in [0.05, 0.1) is 12.1 Å². The van der Waals surface area contributed by atoms with E-state index in [1.165, 1.54) is 11.3 Å². The number of alkyl carbamates (subject to hydrolysis) is 1. The summed E-state index contributed by atoms with van der Waals surface area (Å²) in [4.78, 5) is 63.7. The zero-order valence-electron chi connectivity index (χ0n) is 36.8. The van der Waals surface area contributed by atoms with Gasteiger partial charge in [0.15, 0.2) is 5.82 Å². The van der Waals surface area contributed by atoms with E-state index in [0.717, 1.165) is 45.6 Å². The van der Waals surface area contributed by atoms with Crippen molar-refractivity contribution in [2.45, 2.75) is 116 Å². The lowest BCUT2D eigenvalue weighted by Gasteiger charge is -2.35. The van der Waals surface area contributed by atoms with Crippen molar-refractivity contribution in [2.75, 3.05) is 51.2 Å². The van der Waals surface area contributed by atoms with Crippen molar-refractivity contribution in [1.82, 2.24) is 40.5 Å². The molecule has 5 unspecified atom stereocenters. The van der Waals surface area contributed by atoms with Gasteiger partial charge in [0.25, 0.3) is 0 Å². The van der Waals surface area contributed by atoms with Crippen LogP contribution in [0, 0.1) is 23.2 Å². The molecule has 1 aromatic carbocycles. The zero-order chi connectivity index (χ0) is 43.9. The molecule has 62 heavy (non-hydrogen) atoms. The number of carboxylic acids is 1. The molecule has 3 saturated carbocycles. The maximum Gasteiger partial charge on any atom is 0.408 e. The van der Waals surface area contributed by atoms with Crippen molar-refractivity contribution < 1.29 is 38.5 Å². The number of hydrogen-bond acceptors (Lipinski definition) is 12. The fraction of sp³-hybridized carbons (Fsp3) is 0.644. The molecule has 0 spiro atoms. The van der Waals surface area contributed by atoms with E-state index in [4.69, 9.17) is 24.3 Å². The van der Waals surface area contributed by atoms with Crippen LogP contribution in [0.15, 0.2) is 36.5 Å². The lowest BCUT2D eigenvalue weighted by molar-refractivity contribution is -0.146. The Morgan fingerprint density at radius 3 is 2.45 bits per heavy atom. The predicted molar refractivity (Wildman–Crippen MR) is 231 cm³/mol. The number of nitrogens with zero attached hydrogens (tertiary/aromatic N) is 5. The molecular formula is C45H63N9O8. The number of ether oxygens (including phenoxy) is 3. The normalized spacial score (nSPS) is 27.4. The van der Waals surface area contributed by atoms with E-state index in [0.29, 0.717) is 65.3 Å². The highest BCUT2D eigenvalue weighted by atomic mass is 16.6. The van der Waals surface area contributed by atoms with Gasteiger partial charge in [-0.05, 0) is 74.8 Å². The Hall–Kier alpha value is -5.16. The number of nitrogens with one attached hydrogen (secondary N) is 4. The number of piperazine rings is 1. The molecule has 5 fully saturated rings. The summed E-state index contributed by atoms with van der Waals surface area (Å²) in [6.07, 6.45) is 4.07. The summed E-state index contributed by atoms with van der Waals surface area (Å²) in [5.41, 5.74) is -1.57. The number of aliphatic carboxylic acids is 1. The van der Waals surface area contributed by atoms with Crippen LogP contribution in [0.2, 0.25) is 0 Å². The standard InChI is InChI=1S/C45H63N9O8/c1-7-29-24-45(29,42(57)58)50-40(55)35-22-32(25-53(35)41(56)39(44(4,5)6)49-43(59)62-31-19-27-18-28(27)20-31)61-36-23-38(54-13-10-37(51-54)47-26(2)3)48-34-21-30(8-9-33(34)36)60-17-16-52-14-11-46-12-15-52/h8-10,13,21,23,26-29,31-32,35,39,46H,7,11-12,14-20,22,24-25H2,1-6H3,(H,47,51)(H,49,59)(H,50,55)(H,57,58)/t27?,28?,29?,31?,32-,35?,39-,45?/m1/s1. The number of pyridine rings is 1. The maximum atomic E-state index is 14.8. The van der Waals surface area contributed by atoms with Crippen molar-refractivity contribution in [1.29, 1.82) is 0 Å². The van der Waals surface area contributed by atoms with Crippen molar-refractivity contribution >= 4 is 40.6 Å². The quantitative estimate of drug-likeness (QED) is 0.138. The zero-order valence-corrected chi connectivity index (χ0v) is 36.8. The largest absolute Gasteiger partial charge is 0.492 e. The van der Waals surface area contributed by atoms with Gasteiger partial charge in [0.2, 0.25) is 11.8 Å². The second-order valence-electron chi connectivity index (χ2n) is 19.3. The van der Waals surface area contributed by atoms with Crippen molar-refractivity contribution in [2.24, 2.45) is 23.2 Å². The number of aromatic nitrogens is 3. The minimum Gasteiger partial charge on any atom is -0.492 e. The smallest absolute Gasteiger partial charge is 0.408 e. The third kappa shape index (κ3) is 9.58. The first-order valence-corrected chi connectivity index (χ1v) is 22.4. The van der Waals surface area contributed by atoms with Gasteiger partial charge in [-0.15, -0.1) is 5.10 Å². The highest BCUT2D eigenvalue weighted by Gasteiger charge is 2.61. The molecule has 7 atom stereocenters. The van der Waals surface area contributed by atoms with Crippen molar-refractivity contribution in [3.05, 3.63) is 36.5 Å². The first kappa shape index (κ1) is 43.5. The van der Waals surface area contributed by atoms with Gasteiger partial charge in [-0.3, -0.25) is 14.5 Å². The molecule has 2 aliphatic heterocycles. The minimum absolute atomic E-state index is 0.0000804. The average molecular weight is 858 g/mol. The molecule has 17 nitrogen and oxygen atoms in total. The van der Waals surface area contributed by atoms with Gasteiger partial charge in [0.1, 0.15) is 53.8 Å². The molecule has 2 saturated heterocycles.